The summed E-state index contributed by atoms with van der Waals surface area (Å²) < 4.78 is 39.6. The minimum atomic E-state index is -3.92. The third kappa shape index (κ3) is 2.88. The van der Waals surface area contributed by atoms with Crippen LogP contribution in [0.2, 0.25) is 0 Å². The molecule has 2 N–H and O–H groups in total. The maximum Gasteiger partial charge on any atom is 0.263 e. The normalized spacial score (nSPS) is 11.3. The summed E-state index contributed by atoms with van der Waals surface area (Å²) in [5, 5.41) is 9.54. The molecule has 1 heterocycles. The van der Waals surface area contributed by atoms with E-state index in [1.807, 2.05) is 0 Å². The van der Waals surface area contributed by atoms with Crippen LogP contribution in [0.15, 0.2) is 35.5 Å². The molecule has 106 valence electrons. The number of halogens is 1. The first-order chi connectivity index (χ1) is 9.29. The average molecular weight is 296 g/mol. The SMILES string of the molecule is Cc1cc(NS(=O)(=O)c2cncc(F)c2)c(C)cc1O. The van der Waals surface area contributed by atoms with Crippen LogP contribution >= 0.6 is 0 Å². The molecule has 0 bridgehead atoms. The van der Waals surface area contributed by atoms with Crippen molar-refractivity contribution in [3.05, 3.63) is 47.5 Å². The Morgan fingerprint density at radius 2 is 1.85 bits per heavy atom. The van der Waals surface area contributed by atoms with Gasteiger partial charge in [0.15, 0.2) is 0 Å². The van der Waals surface area contributed by atoms with E-state index < -0.39 is 15.8 Å². The zero-order chi connectivity index (χ0) is 14.9. The maximum absolute atomic E-state index is 13.0. The maximum atomic E-state index is 13.0. The lowest BCUT2D eigenvalue weighted by molar-refractivity contribution is 0.471. The van der Waals surface area contributed by atoms with Crippen LogP contribution in [0.3, 0.4) is 0 Å². The van der Waals surface area contributed by atoms with Gasteiger partial charge in [0.2, 0.25) is 0 Å². The fraction of sp³-hybridized carbons (Fsp3) is 0.154. The summed E-state index contributed by atoms with van der Waals surface area (Å²) >= 11 is 0. The van der Waals surface area contributed by atoms with Gasteiger partial charge in [-0.15, -0.1) is 0 Å². The molecule has 2 aromatic rings. The zero-order valence-electron chi connectivity index (χ0n) is 10.9. The second-order valence-corrected chi connectivity index (χ2v) is 6.08. The van der Waals surface area contributed by atoms with Crippen molar-refractivity contribution >= 4 is 15.7 Å². The Morgan fingerprint density at radius 1 is 1.15 bits per heavy atom. The zero-order valence-corrected chi connectivity index (χ0v) is 11.7. The Bertz CT molecular complexity index is 760. The number of aryl methyl sites for hydroxylation is 2. The van der Waals surface area contributed by atoms with E-state index in [0.29, 0.717) is 16.8 Å². The van der Waals surface area contributed by atoms with Gasteiger partial charge < -0.3 is 5.11 Å². The molecule has 0 atom stereocenters. The molecule has 1 aromatic heterocycles. The summed E-state index contributed by atoms with van der Waals surface area (Å²) in [6, 6.07) is 3.85. The molecule has 0 amide bonds. The van der Waals surface area contributed by atoms with Crippen LogP contribution in [0.25, 0.3) is 0 Å². The second-order valence-electron chi connectivity index (χ2n) is 4.40. The number of sulfonamides is 1. The molecule has 5 nitrogen and oxygen atoms in total. The highest BCUT2D eigenvalue weighted by atomic mass is 32.2. The van der Waals surface area contributed by atoms with E-state index in [-0.39, 0.29) is 10.6 Å². The fourth-order valence-electron chi connectivity index (χ4n) is 1.65. The molecule has 2 rings (SSSR count). The Kier molecular flexibility index (Phi) is 3.63. The molecule has 0 spiro atoms. The monoisotopic (exact) mass is 296 g/mol. The predicted octanol–water partition coefficient (Wildman–Crippen LogP) is 2.34. The van der Waals surface area contributed by atoms with Crippen molar-refractivity contribution in [1.29, 1.82) is 0 Å². The molecular formula is C13H13FN2O3S. The van der Waals surface area contributed by atoms with Crippen molar-refractivity contribution in [3.63, 3.8) is 0 Å². The number of nitrogens with one attached hydrogen (secondary N) is 1. The van der Waals surface area contributed by atoms with Crippen LogP contribution in [0.1, 0.15) is 11.1 Å². The first-order valence-electron chi connectivity index (χ1n) is 5.73. The molecule has 0 fully saturated rings. The van der Waals surface area contributed by atoms with Gasteiger partial charge >= 0.3 is 0 Å². The number of benzene rings is 1. The highest BCUT2D eigenvalue weighted by molar-refractivity contribution is 7.92. The summed E-state index contributed by atoms with van der Waals surface area (Å²) in [4.78, 5) is 3.25. The van der Waals surface area contributed by atoms with Crippen LogP contribution in [-0.4, -0.2) is 18.5 Å². The summed E-state index contributed by atoms with van der Waals surface area (Å²) in [5.41, 5.74) is 1.41. The highest BCUT2D eigenvalue weighted by Crippen LogP contribution is 2.26. The van der Waals surface area contributed by atoms with E-state index in [2.05, 4.69) is 9.71 Å². The van der Waals surface area contributed by atoms with Crippen molar-refractivity contribution in [2.24, 2.45) is 0 Å². The van der Waals surface area contributed by atoms with E-state index in [9.17, 15) is 17.9 Å². The number of rotatable bonds is 3. The first-order valence-corrected chi connectivity index (χ1v) is 7.21. The molecule has 0 radical (unpaired) electrons. The molecule has 0 aliphatic rings. The van der Waals surface area contributed by atoms with Crippen LogP contribution < -0.4 is 4.72 Å². The van der Waals surface area contributed by atoms with Gasteiger partial charge in [0, 0.05) is 6.20 Å². The minimum Gasteiger partial charge on any atom is -0.508 e. The first kappa shape index (κ1) is 14.3. The van der Waals surface area contributed by atoms with Crippen LogP contribution in [0, 0.1) is 19.7 Å². The topological polar surface area (TPSA) is 79.3 Å². The number of aromatic nitrogens is 1. The number of phenols is 1. The Hall–Kier alpha value is -2.15. The van der Waals surface area contributed by atoms with Gasteiger partial charge in [0.1, 0.15) is 16.5 Å². The van der Waals surface area contributed by atoms with Gasteiger partial charge in [0.25, 0.3) is 10.0 Å². The van der Waals surface area contributed by atoms with Gasteiger partial charge in [-0.1, -0.05) is 0 Å². The van der Waals surface area contributed by atoms with E-state index in [4.69, 9.17) is 0 Å². The number of pyridine rings is 1. The number of nitrogens with zero attached hydrogens (tertiary/aromatic N) is 1. The van der Waals surface area contributed by atoms with Gasteiger partial charge in [-0.05, 0) is 43.2 Å². The fourth-order valence-corrected chi connectivity index (χ4v) is 2.75. The number of anilines is 1. The van der Waals surface area contributed by atoms with Crippen molar-refractivity contribution < 1.29 is 17.9 Å². The minimum absolute atomic E-state index is 0.0814. The third-order valence-electron chi connectivity index (χ3n) is 2.78. The van der Waals surface area contributed by atoms with Crippen LogP contribution in [-0.2, 0) is 10.0 Å². The average Bonchev–Trinajstić information content (AvgIpc) is 2.36. The molecule has 1 aromatic carbocycles. The quantitative estimate of drug-likeness (QED) is 0.852. The van der Waals surface area contributed by atoms with Crippen molar-refractivity contribution in [3.8, 4) is 5.75 Å². The molecule has 0 saturated heterocycles. The number of aromatic hydroxyl groups is 1. The lowest BCUT2D eigenvalue weighted by Crippen LogP contribution is -2.14. The van der Waals surface area contributed by atoms with Gasteiger partial charge in [-0.25, -0.2) is 12.8 Å². The molecule has 0 unspecified atom stereocenters. The Morgan fingerprint density at radius 3 is 2.50 bits per heavy atom. The number of phenolic OH excluding ortho intramolecular Hbond substituents is 1. The van der Waals surface area contributed by atoms with Crippen LogP contribution in [0.4, 0.5) is 10.1 Å². The van der Waals surface area contributed by atoms with E-state index in [0.717, 1.165) is 18.5 Å². The second kappa shape index (κ2) is 5.09. The molecule has 7 heteroatoms. The molecule has 0 saturated carbocycles. The number of hydrogen-bond donors (Lipinski definition) is 2. The third-order valence-corrected chi connectivity index (χ3v) is 4.11. The highest BCUT2D eigenvalue weighted by Gasteiger charge is 2.17. The van der Waals surface area contributed by atoms with E-state index >= 15 is 0 Å². The molecule has 0 aliphatic heterocycles. The van der Waals surface area contributed by atoms with Gasteiger partial charge in [-0.3, -0.25) is 9.71 Å². The van der Waals surface area contributed by atoms with Crippen molar-refractivity contribution in [2.45, 2.75) is 18.7 Å². The number of hydrogen-bond acceptors (Lipinski definition) is 4. The van der Waals surface area contributed by atoms with Gasteiger partial charge in [0.05, 0.1) is 11.9 Å². The van der Waals surface area contributed by atoms with Crippen molar-refractivity contribution in [2.75, 3.05) is 4.72 Å². The summed E-state index contributed by atoms with van der Waals surface area (Å²) in [6.45, 7) is 3.30. The summed E-state index contributed by atoms with van der Waals surface area (Å²) in [5.74, 6) is -0.649. The summed E-state index contributed by atoms with van der Waals surface area (Å²) in [6.07, 6.45) is 1.99. The largest absolute Gasteiger partial charge is 0.508 e. The predicted molar refractivity (Wildman–Crippen MR) is 72.6 cm³/mol. The molecule has 0 aliphatic carbocycles. The van der Waals surface area contributed by atoms with Crippen LogP contribution in [0.5, 0.6) is 5.75 Å². The lowest BCUT2D eigenvalue weighted by atomic mass is 10.1. The lowest BCUT2D eigenvalue weighted by Gasteiger charge is -2.12. The van der Waals surface area contributed by atoms with Crippen molar-refractivity contribution in [1.82, 2.24) is 4.98 Å². The van der Waals surface area contributed by atoms with E-state index in [1.165, 1.54) is 12.1 Å². The van der Waals surface area contributed by atoms with Gasteiger partial charge in [-0.2, -0.15) is 0 Å². The molecular weight excluding hydrogens is 283 g/mol. The Labute approximate surface area is 116 Å². The Balaban J connectivity index is 2.41. The van der Waals surface area contributed by atoms with E-state index in [1.54, 1.807) is 13.8 Å². The summed E-state index contributed by atoms with van der Waals surface area (Å²) in [7, 11) is -3.92. The standard InChI is InChI=1S/C13H13FN2O3S/c1-8-4-13(17)9(2)3-12(8)16-20(18,19)11-5-10(14)6-15-7-11/h3-7,16-17H,1-2H3. The molecule has 20 heavy (non-hydrogen) atoms. The smallest absolute Gasteiger partial charge is 0.263 e.